The number of aromatic amines is 1. The van der Waals surface area contributed by atoms with Crippen LogP contribution in [0, 0.1) is 11.3 Å². The highest BCUT2D eigenvalue weighted by atomic mass is 32.2. The van der Waals surface area contributed by atoms with Gasteiger partial charge in [0.25, 0.3) is 0 Å². The second kappa shape index (κ2) is 7.14. The molecule has 134 valence electrons. The molecule has 0 bridgehead atoms. The molecule has 0 aromatic carbocycles. The van der Waals surface area contributed by atoms with Crippen molar-refractivity contribution in [2.24, 2.45) is 0 Å². The monoisotopic (exact) mass is 366 g/mol. The number of nitriles is 1. The molecule has 6 nitrogen and oxygen atoms in total. The molecule has 26 heavy (non-hydrogen) atoms. The minimum atomic E-state index is -0.212. The van der Waals surface area contributed by atoms with Crippen molar-refractivity contribution in [2.45, 2.75) is 31.7 Å². The van der Waals surface area contributed by atoms with E-state index in [1.807, 2.05) is 47.4 Å². The molecule has 7 heteroatoms. The van der Waals surface area contributed by atoms with Crippen molar-refractivity contribution < 1.29 is 0 Å². The van der Waals surface area contributed by atoms with Gasteiger partial charge in [-0.1, -0.05) is 25.3 Å². The van der Waals surface area contributed by atoms with Crippen LogP contribution in [0.15, 0.2) is 36.9 Å². The fraction of sp³-hybridized carbons (Fsp3) is 0.421. The molecule has 1 aliphatic heterocycles. The molecule has 0 atom stereocenters. The summed E-state index contributed by atoms with van der Waals surface area (Å²) in [5, 5.41) is 15.1. The molecule has 0 spiro atoms. The van der Waals surface area contributed by atoms with E-state index in [-0.39, 0.29) is 5.54 Å². The standard InChI is InChI=1S/C19H22N6S/c1-2-3-10-26-24-13-19(14-24,6-7-20)25-12-15(11-23-25)16-4-8-21-18-17(16)5-9-22-18/h4-5,8-9,11-12H,2-3,6,10,13-14H2,1H3,(H,21,22). The van der Waals surface area contributed by atoms with Crippen LogP contribution in [0.2, 0.25) is 0 Å². The zero-order valence-corrected chi connectivity index (χ0v) is 15.7. The summed E-state index contributed by atoms with van der Waals surface area (Å²) in [4.78, 5) is 7.50. The normalized spacial score (nSPS) is 16.5. The Morgan fingerprint density at radius 2 is 2.27 bits per heavy atom. The third kappa shape index (κ3) is 3.00. The van der Waals surface area contributed by atoms with E-state index in [2.05, 4.69) is 38.6 Å². The minimum absolute atomic E-state index is 0.212. The van der Waals surface area contributed by atoms with E-state index in [0.29, 0.717) is 6.42 Å². The summed E-state index contributed by atoms with van der Waals surface area (Å²) < 4.78 is 4.35. The van der Waals surface area contributed by atoms with Crippen LogP contribution in [0.3, 0.4) is 0 Å². The molecule has 0 aliphatic carbocycles. The molecule has 4 rings (SSSR count). The molecular formula is C19H22N6S. The smallest absolute Gasteiger partial charge is 0.137 e. The number of unbranched alkanes of at least 4 members (excludes halogenated alkanes) is 1. The van der Waals surface area contributed by atoms with E-state index in [1.54, 1.807) is 0 Å². The number of hydrogen-bond donors (Lipinski definition) is 1. The number of fused-ring (bicyclic) bond motifs is 1. The number of aromatic nitrogens is 4. The molecule has 4 heterocycles. The number of nitrogens with zero attached hydrogens (tertiary/aromatic N) is 5. The van der Waals surface area contributed by atoms with Crippen LogP contribution < -0.4 is 0 Å². The van der Waals surface area contributed by atoms with Gasteiger partial charge in [0, 0.05) is 48.4 Å². The second-order valence-electron chi connectivity index (χ2n) is 6.82. The van der Waals surface area contributed by atoms with Crippen molar-refractivity contribution in [3.8, 4) is 17.2 Å². The number of pyridine rings is 1. The van der Waals surface area contributed by atoms with Gasteiger partial charge >= 0.3 is 0 Å². The summed E-state index contributed by atoms with van der Waals surface area (Å²) in [6.45, 7) is 3.94. The Morgan fingerprint density at radius 3 is 3.08 bits per heavy atom. The summed E-state index contributed by atoms with van der Waals surface area (Å²) in [7, 11) is 0. The number of rotatable bonds is 7. The molecular weight excluding hydrogens is 344 g/mol. The van der Waals surface area contributed by atoms with Crippen molar-refractivity contribution in [2.75, 3.05) is 18.8 Å². The van der Waals surface area contributed by atoms with E-state index in [1.165, 1.54) is 12.8 Å². The number of hydrogen-bond acceptors (Lipinski definition) is 5. The van der Waals surface area contributed by atoms with Crippen molar-refractivity contribution in [3.05, 3.63) is 36.9 Å². The van der Waals surface area contributed by atoms with Crippen LogP contribution in [0.1, 0.15) is 26.2 Å². The molecule has 0 amide bonds. The average molecular weight is 366 g/mol. The number of nitrogens with one attached hydrogen (secondary N) is 1. The van der Waals surface area contributed by atoms with Crippen molar-refractivity contribution in [1.82, 2.24) is 24.1 Å². The molecule has 3 aromatic heterocycles. The predicted octanol–water partition coefficient (Wildman–Crippen LogP) is 3.80. The van der Waals surface area contributed by atoms with Crippen LogP contribution in [-0.4, -0.2) is 42.9 Å². The second-order valence-corrected chi connectivity index (χ2v) is 8.00. The molecule has 0 saturated carbocycles. The van der Waals surface area contributed by atoms with Crippen LogP contribution in [-0.2, 0) is 5.54 Å². The highest BCUT2D eigenvalue weighted by Crippen LogP contribution is 2.38. The third-order valence-corrected chi connectivity index (χ3v) is 6.06. The van der Waals surface area contributed by atoms with Gasteiger partial charge in [0.05, 0.1) is 18.7 Å². The van der Waals surface area contributed by atoms with Gasteiger partial charge < -0.3 is 4.98 Å². The molecule has 0 unspecified atom stereocenters. The van der Waals surface area contributed by atoms with Crippen LogP contribution in [0.4, 0.5) is 0 Å². The first-order valence-corrected chi connectivity index (χ1v) is 9.92. The summed E-state index contributed by atoms with van der Waals surface area (Å²) in [5.41, 5.74) is 2.84. The highest BCUT2D eigenvalue weighted by molar-refractivity contribution is 7.97. The molecule has 0 radical (unpaired) electrons. The third-order valence-electron chi connectivity index (χ3n) is 4.96. The Labute approximate surface area is 157 Å². The Hall–Kier alpha value is -2.30. The average Bonchev–Trinajstić information content (AvgIpc) is 3.28. The molecule has 3 aromatic rings. The first-order chi connectivity index (χ1) is 12.8. The van der Waals surface area contributed by atoms with Crippen molar-refractivity contribution >= 4 is 23.0 Å². The first-order valence-electron chi connectivity index (χ1n) is 8.98. The zero-order valence-electron chi connectivity index (χ0n) is 14.9. The van der Waals surface area contributed by atoms with E-state index in [0.717, 1.165) is 41.0 Å². The zero-order chi connectivity index (χ0) is 18.0. The SMILES string of the molecule is CCCCSN1CC(CC#N)(n2cc(-c3ccnc4[nH]ccc34)cn2)C1. The van der Waals surface area contributed by atoms with E-state index >= 15 is 0 Å². The molecule has 1 N–H and O–H groups in total. The first kappa shape index (κ1) is 17.1. The van der Waals surface area contributed by atoms with Gasteiger partial charge in [-0.3, -0.25) is 4.68 Å². The van der Waals surface area contributed by atoms with Crippen molar-refractivity contribution in [1.29, 1.82) is 5.26 Å². The van der Waals surface area contributed by atoms with Gasteiger partial charge in [-0.2, -0.15) is 10.4 Å². The minimum Gasteiger partial charge on any atom is -0.346 e. The maximum atomic E-state index is 9.34. The Kier molecular flexibility index (Phi) is 4.70. The lowest BCUT2D eigenvalue weighted by atomic mass is 9.89. The molecule has 1 fully saturated rings. The van der Waals surface area contributed by atoms with E-state index < -0.39 is 0 Å². The Morgan fingerprint density at radius 1 is 1.38 bits per heavy atom. The Balaban J connectivity index is 1.56. The lowest BCUT2D eigenvalue weighted by Gasteiger charge is -2.48. The quantitative estimate of drug-likeness (QED) is 0.508. The lowest BCUT2D eigenvalue weighted by Crippen LogP contribution is -2.60. The maximum Gasteiger partial charge on any atom is 0.137 e. The topological polar surface area (TPSA) is 73.5 Å². The van der Waals surface area contributed by atoms with Gasteiger partial charge in [-0.05, 0) is 24.1 Å². The summed E-state index contributed by atoms with van der Waals surface area (Å²) >= 11 is 1.89. The van der Waals surface area contributed by atoms with E-state index in [4.69, 9.17) is 0 Å². The molecule has 1 aliphatic rings. The van der Waals surface area contributed by atoms with Gasteiger partial charge in [-0.25, -0.2) is 9.29 Å². The lowest BCUT2D eigenvalue weighted by molar-refractivity contribution is 0.0811. The number of H-pyrrole nitrogens is 1. The van der Waals surface area contributed by atoms with Crippen LogP contribution in [0.5, 0.6) is 0 Å². The summed E-state index contributed by atoms with van der Waals surface area (Å²) in [6, 6.07) is 6.41. The van der Waals surface area contributed by atoms with Crippen LogP contribution >= 0.6 is 11.9 Å². The van der Waals surface area contributed by atoms with Gasteiger partial charge in [0.15, 0.2) is 0 Å². The largest absolute Gasteiger partial charge is 0.346 e. The van der Waals surface area contributed by atoms with Gasteiger partial charge in [0.1, 0.15) is 11.2 Å². The summed E-state index contributed by atoms with van der Waals surface area (Å²) in [6.07, 6.45) is 10.6. The summed E-state index contributed by atoms with van der Waals surface area (Å²) in [5.74, 6) is 1.14. The van der Waals surface area contributed by atoms with E-state index in [9.17, 15) is 5.26 Å². The highest BCUT2D eigenvalue weighted by Gasteiger charge is 2.45. The van der Waals surface area contributed by atoms with Crippen molar-refractivity contribution in [3.63, 3.8) is 0 Å². The molecule has 1 saturated heterocycles. The fourth-order valence-corrected chi connectivity index (χ4v) is 4.80. The van der Waals surface area contributed by atoms with Gasteiger partial charge in [-0.15, -0.1) is 0 Å². The predicted molar refractivity (Wildman–Crippen MR) is 104 cm³/mol. The fourth-order valence-electron chi connectivity index (χ4n) is 3.46. The van der Waals surface area contributed by atoms with Gasteiger partial charge in [0.2, 0.25) is 0 Å². The Bertz CT molecular complexity index is 931. The van der Waals surface area contributed by atoms with Crippen LogP contribution in [0.25, 0.3) is 22.2 Å². The maximum absolute atomic E-state index is 9.34.